The topological polar surface area (TPSA) is 81.6 Å². The second kappa shape index (κ2) is 9.50. The Morgan fingerprint density at radius 3 is 2.26 bits per heavy atom. The maximum absolute atomic E-state index is 13.6. The molecule has 184 valence electrons. The number of aliphatic hydroxyl groups is 1. The second-order valence-corrected chi connectivity index (χ2v) is 9.25. The van der Waals surface area contributed by atoms with Crippen LogP contribution in [0.1, 0.15) is 49.9 Å². The minimum absolute atomic E-state index is 0.179. The molecule has 1 aromatic carbocycles. The van der Waals surface area contributed by atoms with E-state index in [1.54, 1.807) is 4.90 Å². The van der Waals surface area contributed by atoms with Crippen molar-refractivity contribution in [1.82, 2.24) is 20.2 Å². The normalized spacial score (nSPS) is 23.6. The molecule has 2 N–H and O–H groups in total. The Morgan fingerprint density at radius 2 is 1.71 bits per heavy atom. The Labute approximate surface area is 197 Å². The highest BCUT2D eigenvalue weighted by Gasteiger charge is 2.41. The van der Waals surface area contributed by atoms with Gasteiger partial charge in [0, 0.05) is 18.6 Å². The molecule has 1 aromatic heterocycles. The fourth-order valence-corrected chi connectivity index (χ4v) is 4.88. The number of nitrogens with zero attached hydrogens (tertiary/aromatic N) is 4. The summed E-state index contributed by atoms with van der Waals surface area (Å²) in [7, 11) is 1.90. The van der Waals surface area contributed by atoms with Crippen molar-refractivity contribution in [3.05, 3.63) is 54.1 Å². The van der Waals surface area contributed by atoms with E-state index in [1.807, 2.05) is 25.2 Å². The van der Waals surface area contributed by atoms with Gasteiger partial charge in [0.2, 0.25) is 5.82 Å². The van der Waals surface area contributed by atoms with Crippen molar-refractivity contribution in [3.8, 4) is 0 Å². The zero-order valence-corrected chi connectivity index (χ0v) is 19.2. The van der Waals surface area contributed by atoms with E-state index in [9.17, 15) is 23.1 Å². The van der Waals surface area contributed by atoms with Crippen molar-refractivity contribution < 1.29 is 23.1 Å². The fourth-order valence-electron chi connectivity index (χ4n) is 4.88. The van der Waals surface area contributed by atoms with Gasteiger partial charge in [0.25, 0.3) is 0 Å². The molecule has 34 heavy (non-hydrogen) atoms. The van der Waals surface area contributed by atoms with Crippen molar-refractivity contribution >= 4 is 11.7 Å². The number of anilines is 1. The minimum Gasteiger partial charge on any atom is -0.388 e. The van der Waals surface area contributed by atoms with E-state index in [1.165, 1.54) is 4.90 Å². The highest BCUT2D eigenvalue weighted by atomic mass is 19.4. The lowest BCUT2D eigenvalue weighted by Gasteiger charge is -2.42. The third-order valence-corrected chi connectivity index (χ3v) is 7.07. The molecule has 1 atom stereocenters. The molecule has 1 aliphatic carbocycles. The number of rotatable bonds is 5. The average molecular weight is 478 g/mol. The summed E-state index contributed by atoms with van der Waals surface area (Å²) in [6.45, 7) is 0.853. The van der Waals surface area contributed by atoms with Crippen molar-refractivity contribution in [2.24, 2.45) is 0 Å². The fraction of sp³-hybridized carbons (Fsp3) is 0.542. The summed E-state index contributed by atoms with van der Waals surface area (Å²) < 4.78 is 38.8. The van der Waals surface area contributed by atoms with Crippen LogP contribution in [0.4, 0.5) is 23.7 Å². The summed E-state index contributed by atoms with van der Waals surface area (Å²) >= 11 is 0. The first-order chi connectivity index (χ1) is 16.2. The molecule has 7 nitrogen and oxygen atoms in total. The van der Waals surface area contributed by atoms with Gasteiger partial charge in [0.15, 0.2) is 0 Å². The van der Waals surface area contributed by atoms with Gasteiger partial charge in [-0.1, -0.05) is 30.3 Å². The highest BCUT2D eigenvalue weighted by molar-refractivity contribution is 5.91. The molecule has 1 saturated carbocycles. The van der Waals surface area contributed by atoms with Crippen LogP contribution in [-0.2, 0) is 11.7 Å². The number of urea groups is 1. The predicted octanol–water partition coefficient (Wildman–Crippen LogP) is 3.94. The number of alkyl halides is 3. The van der Waals surface area contributed by atoms with Crippen LogP contribution in [-0.4, -0.2) is 58.3 Å². The number of benzene rings is 1. The number of amides is 2. The molecule has 2 fully saturated rings. The monoisotopic (exact) mass is 477 g/mol. The van der Waals surface area contributed by atoms with Crippen LogP contribution in [0.5, 0.6) is 0 Å². The van der Waals surface area contributed by atoms with E-state index in [-0.39, 0.29) is 23.8 Å². The van der Waals surface area contributed by atoms with E-state index in [4.69, 9.17) is 0 Å². The number of carbonyl (C=O) groups is 1. The van der Waals surface area contributed by atoms with Crippen LogP contribution in [0, 0.1) is 0 Å². The van der Waals surface area contributed by atoms with Gasteiger partial charge in [-0.15, -0.1) is 0 Å². The van der Waals surface area contributed by atoms with E-state index >= 15 is 0 Å². The Bertz CT molecular complexity index is 982. The third kappa shape index (κ3) is 5.02. The summed E-state index contributed by atoms with van der Waals surface area (Å²) in [5, 5.41) is 14.3. The number of halogens is 3. The number of aromatic nitrogens is 2. The number of carbonyl (C=O) groups excluding carboxylic acids is 1. The smallest absolute Gasteiger partial charge is 0.388 e. The lowest BCUT2D eigenvalue weighted by Crippen LogP contribution is -2.54. The maximum Gasteiger partial charge on any atom is 0.451 e. The zero-order chi connectivity index (χ0) is 24.4. The van der Waals surface area contributed by atoms with Crippen LogP contribution in [0.3, 0.4) is 0 Å². The Morgan fingerprint density at radius 1 is 1.03 bits per heavy atom. The SMILES string of the molecule is CN[C@@]1(c2ccccc2)CCCN(c2cnc(C(F)(F)F)nc2)C(=O)N(CC2(O)CCC2)CC1. The van der Waals surface area contributed by atoms with Crippen LogP contribution >= 0.6 is 0 Å². The van der Waals surface area contributed by atoms with E-state index in [0.717, 1.165) is 30.8 Å². The molecular formula is C24H30F3N5O2. The van der Waals surface area contributed by atoms with Gasteiger partial charge >= 0.3 is 12.2 Å². The summed E-state index contributed by atoms with van der Waals surface area (Å²) in [6.07, 6.45) is 1.54. The molecule has 2 heterocycles. The largest absolute Gasteiger partial charge is 0.451 e. The van der Waals surface area contributed by atoms with Crippen LogP contribution in [0.25, 0.3) is 0 Å². The summed E-state index contributed by atoms with van der Waals surface area (Å²) in [4.78, 5) is 23.6. The Hall–Kier alpha value is -2.72. The molecular weight excluding hydrogens is 447 g/mol. The molecule has 2 aliphatic rings. The number of β-amino-alcohol motifs (C(OH)–C–C–N with tert-alkyl or cyclic N) is 1. The van der Waals surface area contributed by atoms with Gasteiger partial charge in [-0.2, -0.15) is 13.2 Å². The first kappa shape index (κ1) is 24.4. The van der Waals surface area contributed by atoms with Crippen LogP contribution in [0.2, 0.25) is 0 Å². The minimum atomic E-state index is -4.65. The summed E-state index contributed by atoms with van der Waals surface area (Å²) in [6, 6.07) is 9.67. The summed E-state index contributed by atoms with van der Waals surface area (Å²) in [5.41, 5.74) is 0.00860. The quantitative estimate of drug-likeness (QED) is 0.682. The highest BCUT2D eigenvalue weighted by Crippen LogP contribution is 2.36. The average Bonchev–Trinajstić information content (AvgIpc) is 2.87. The van der Waals surface area contributed by atoms with Crippen molar-refractivity contribution in [2.45, 2.75) is 55.8 Å². The molecule has 0 radical (unpaired) electrons. The van der Waals surface area contributed by atoms with Gasteiger partial charge in [0.05, 0.1) is 30.2 Å². The molecule has 2 amide bonds. The number of hydrogen-bond donors (Lipinski definition) is 2. The Balaban J connectivity index is 1.66. The lowest BCUT2D eigenvalue weighted by atomic mass is 9.79. The van der Waals surface area contributed by atoms with Gasteiger partial charge < -0.3 is 15.3 Å². The van der Waals surface area contributed by atoms with Gasteiger partial charge in [-0.3, -0.25) is 4.90 Å². The standard InChI is InChI=1S/C24H30F3N5O2/c1-28-23(18-7-3-2-4-8-18)11-6-13-32(19-15-29-20(30-16-19)24(25,26)27)21(33)31(14-12-23)17-22(34)9-5-10-22/h2-4,7-8,15-16,28,34H,5-6,9-14,17H2,1H3/t23-/m0/s1. The molecule has 0 unspecified atom stereocenters. The van der Waals surface area contributed by atoms with Gasteiger partial charge in [-0.05, 0) is 51.1 Å². The zero-order valence-electron chi connectivity index (χ0n) is 19.2. The molecule has 1 aliphatic heterocycles. The van der Waals surface area contributed by atoms with Crippen molar-refractivity contribution in [3.63, 3.8) is 0 Å². The van der Waals surface area contributed by atoms with Gasteiger partial charge in [-0.25, -0.2) is 14.8 Å². The van der Waals surface area contributed by atoms with E-state index in [2.05, 4.69) is 27.4 Å². The molecule has 0 spiro atoms. The van der Waals surface area contributed by atoms with Crippen molar-refractivity contribution in [2.75, 3.05) is 31.6 Å². The lowest BCUT2D eigenvalue weighted by molar-refractivity contribution is -0.144. The first-order valence-electron chi connectivity index (χ1n) is 11.6. The van der Waals surface area contributed by atoms with E-state index < -0.39 is 17.6 Å². The molecule has 1 saturated heterocycles. The Kier molecular flexibility index (Phi) is 6.82. The van der Waals surface area contributed by atoms with Gasteiger partial charge in [0.1, 0.15) is 0 Å². The van der Waals surface area contributed by atoms with Crippen molar-refractivity contribution in [1.29, 1.82) is 0 Å². The number of hydrogen-bond acceptors (Lipinski definition) is 5. The van der Waals surface area contributed by atoms with Crippen LogP contribution < -0.4 is 10.2 Å². The third-order valence-electron chi connectivity index (χ3n) is 7.07. The molecule has 4 rings (SSSR count). The summed E-state index contributed by atoms with van der Waals surface area (Å²) in [5.74, 6) is -1.24. The predicted molar refractivity (Wildman–Crippen MR) is 121 cm³/mol. The maximum atomic E-state index is 13.6. The molecule has 10 heteroatoms. The first-order valence-corrected chi connectivity index (χ1v) is 11.6. The molecule has 2 aromatic rings. The number of nitrogens with one attached hydrogen (secondary N) is 1. The second-order valence-electron chi connectivity index (χ2n) is 9.25. The molecule has 0 bridgehead atoms. The van der Waals surface area contributed by atoms with Crippen LogP contribution in [0.15, 0.2) is 42.7 Å². The van der Waals surface area contributed by atoms with E-state index in [0.29, 0.717) is 38.8 Å².